The number of carbonyl (C=O) groups is 3. The monoisotopic (exact) mass is 484 g/mol. The molecule has 3 amide bonds. The van der Waals surface area contributed by atoms with Crippen molar-refractivity contribution < 1.29 is 19.1 Å². The molecular formula is C26H20N4O4S. The van der Waals surface area contributed by atoms with Crippen LogP contribution in [0, 0.1) is 0 Å². The molecule has 0 saturated carbocycles. The van der Waals surface area contributed by atoms with Crippen molar-refractivity contribution in [3.8, 4) is 17.0 Å². The number of aromatic nitrogens is 2. The Balaban J connectivity index is 1.37. The zero-order valence-electron chi connectivity index (χ0n) is 18.7. The minimum Gasteiger partial charge on any atom is -0.493 e. The minimum atomic E-state index is -0.360. The highest BCUT2D eigenvalue weighted by molar-refractivity contribution is 7.03. The van der Waals surface area contributed by atoms with Gasteiger partial charge in [-0.25, -0.2) is 0 Å². The summed E-state index contributed by atoms with van der Waals surface area (Å²) in [5.74, 6) is -0.635. The summed E-state index contributed by atoms with van der Waals surface area (Å²) in [6.07, 6.45) is 0. The van der Waals surface area contributed by atoms with Crippen LogP contribution in [-0.4, -0.2) is 38.8 Å². The van der Waals surface area contributed by atoms with Gasteiger partial charge < -0.3 is 10.1 Å². The van der Waals surface area contributed by atoms with Crippen LogP contribution in [0.2, 0.25) is 0 Å². The number of hydrogen-bond acceptors (Lipinski definition) is 7. The molecule has 0 unspecified atom stereocenters. The van der Waals surface area contributed by atoms with Crippen LogP contribution in [0.3, 0.4) is 0 Å². The molecule has 0 saturated heterocycles. The van der Waals surface area contributed by atoms with Crippen LogP contribution in [0.1, 0.15) is 43.6 Å². The van der Waals surface area contributed by atoms with Crippen molar-refractivity contribution in [3.63, 3.8) is 0 Å². The zero-order valence-corrected chi connectivity index (χ0v) is 19.5. The van der Waals surface area contributed by atoms with Gasteiger partial charge in [0.2, 0.25) is 0 Å². The van der Waals surface area contributed by atoms with Gasteiger partial charge in [0.1, 0.15) is 11.4 Å². The maximum atomic E-state index is 13.2. The second kappa shape index (κ2) is 9.47. The fraction of sp³-hybridized carbons (Fsp3) is 0.115. The normalized spacial score (nSPS) is 12.5. The van der Waals surface area contributed by atoms with Gasteiger partial charge in [-0.2, -0.15) is 0 Å². The Bertz CT molecular complexity index is 1380. The lowest BCUT2D eigenvalue weighted by atomic mass is 10.1. The molecule has 4 aromatic rings. The standard InChI is InChI=1S/C26H20N4O4S/c1-2-34-23-12-7-16(14-30-25(32)19-5-3-4-6-20(19)26(30)33)13-21(23)24(31)27-18-10-8-17(9-11-18)22-15-35-29-28-22/h3-13,15H,2,14H2,1H3,(H,27,31). The van der Waals surface area contributed by atoms with Crippen LogP contribution >= 0.6 is 11.5 Å². The topological polar surface area (TPSA) is 101 Å². The molecule has 9 heteroatoms. The van der Waals surface area contributed by atoms with Crippen LogP contribution < -0.4 is 10.1 Å². The van der Waals surface area contributed by atoms with Crippen molar-refractivity contribution in [2.45, 2.75) is 13.5 Å². The van der Waals surface area contributed by atoms with E-state index in [9.17, 15) is 14.4 Å². The Labute approximate surface area is 205 Å². The summed E-state index contributed by atoms with van der Waals surface area (Å²) in [6.45, 7) is 2.27. The molecule has 1 aliphatic heterocycles. The van der Waals surface area contributed by atoms with E-state index >= 15 is 0 Å². The number of ether oxygens (including phenoxy) is 1. The van der Waals surface area contributed by atoms with E-state index in [1.165, 1.54) is 16.4 Å². The van der Waals surface area contributed by atoms with E-state index in [0.29, 0.717) is 40.3 Å². The molecular weight excluding hydrogens is 464 g/mol. The number of hydrogen-bond donors (Lipinski definition) is 1. The van der Waals surface area contributed by atoms with Gasteiger partial charge in [0.25, 0.3) is 17.7 Å². The summed E-state index contributed by atoms with van der Waals surface area (Å²) >= 11 is 1.27. The average molecular weight is 485 g/mol. The number of amides is 3. The molecule has 0 radical (unpaired) electrons. The molecule has 0 spiro atoms. The van der Waals surface area contributed by atoms with Gasteiger partial charge >= 0.3 is 0 Å². The first-order chi connectivity index (χ1) is 17.0. The number of rotatable bonds is 7. The molecule has 1 aliphatic rings. The molecule has 3 aromatic carbocycles. The molecule has 174 valence electrons. The Morgan fingerprint density at radius 1 is 1.00 bits per heavy atom. The van der Waals surface area contributed by atoms with E-state index in [0.717, 1.165) is 11.3 Å². The number of carbonyl (C=O) groups excluding carboxylic acids is 3. The van der Waals surface area contributed by atoms with Crippen LogP contribution in [0.4, 0.5) is 5.69 Å². The molecule has 0 aliphatic carbocycles. The fourth-order valence-corrected chi connectivity index (χ4v) is 4.38. The van der Waals surface area contributed by atoms with Crippen molar-refractivity contribution in [1.82, 2.24) is 14.5 Å². The second-order valence-corrected chi connectivity index (χ2v) is 8.44. The second-order valence-electron chi connectivity index (χ2n) is 7.83. The molecule has 2 heterocycles. The third-order valence-corrected chi connectivity index (χ3v) is 6.11. The highest BCUT2D eigenvalue weighted by atomic mass is 32.1. The van der Waals surface area contributed by atoms with E-state index in [2.05, 4.69) is 14.9 Å². The van der Waals surface area contributed by atoms with Crippen molar-refractivity contribution in [2.24, 2.45) is 0 Å². The smallest absolute Gasteiger partial charge is 0.261 e. The first kappa shape index (κ1) is 22.4. The molecule has 5 rings (SSSR count). The summed E-state index contributed by atoms with van der Waals surface area (Å²) in [7, 11) is 0. The molecule has 1 N–H and O–H groups in total. The van der Waals surface area contributed by atoms with Gasteiger partial charge in [-0.15, -0.1) is 5.10 Å². The molecule has 35 heavy (non-hydrogen) atoms. The van der Waals surface area contributed by atoms with Gasteiger partial charge in [0, 0.05) is 16.6 Å². The highest BCUT2D eigenvalue weighted by Gasteiger charge is 2.35. The lowest BCUT2D eigenvalue weighted by Gasteiger charge is -2.16. The lowest BCUT2D eigenvalue weighted by molar-refractivity contribution is 0.0642. The molecule has 8 nitrogen and oxygen atoms in total. The number of benzene rings is 3. The predicted molar refractivity (Wildman–Crippen MR) is 132 cm³/mol. The summed E-state index contributed by atoms with van der Waals surface area (Å²) in [5, 5.41) is 8.78. The minimum absolute atomic E-state index is 0.0510. The van der Waals surface area contributed by atoms with E-state index in [4.69, 9.17) is 4.74 Å². The van der Waals surface area contributed by atoms with Crippen molar-refractivity contribution in [1.29, 1.82) is 0 Å². The maximum Gasteiger partial charge on any atom is 0.261 e. The maximum absolute atomic E-state index is 13.2. The van der Waals surface area contributed by atoms with Crippen LogP contribution in [0.5, 0.6) is 5.75 Å². The Morgan fingerprint density at radius 3 is 2.34 bits per heavy atom. The van der Waals surface area contributed by atoms with Gasteiger partial charge in [-0.1, -0.05) is 34.8 Å². The average Bonchev–Trinajstić information content (AvgIpc) is 3.50. The largest absolute Gasteiger partial charge is 0.493 e. The Hall–Kier alpha value is -4.37. The van der Waals surface area contributed by atoms with Crippen LogP contribution in [0.25, 0.3) is 11.3 Å². The number of nitrogens with one attached hydrogen (secondary N) is 1. The van der Waals surface area contributed by atoms with Gasteiger partial charge in [-0.05, 0) is 60.4 Å². The first-order valence-electron chi connectivity index (χ1n) is 10.9. The van der Waals surface area contributed by atoms with Crippen molar-refractivity contribution in [3.05, 3.63) is 94.4 Å². The highest BCUT2D eigenvalue weighted by Crippen LogP contribution is 2.27. The van der Waals surface area contributed by atoms with E-state index < -0.39 is 0 Å². The molecule has 1 aromatic heterocycles. The van der Waals surface area contributed by atoms with Crippen molar-refractivity contribution in [2.75, 3.05) is 11.9 Å². The Kier molecular flexibility index (Phi) is 6.07. The lowest BCUT2D eigenvalue weighted by Crippen LogP contribution is -2.29. The zero-order chi connectivity index (χ0) is 24.4. The summed E-state index contributed by atoms with van der Waals surface area (Å²) in [6, 6.07) is 19.1. The molecule has 0 atom stereocenters. The van der Waals surface area contributed by atoms with Crippen molar-refractivity contribution >= 4 is 34.9 Å². The van der Waals surface area contributed by atoms with Gasteiger partial charge in [-0.3, -0.25) is 19.3 Å². The predicted octanol–water partition coefficient (Wildman–Crippen LogP) is 4.65. The number of imide groups is 1. The molecule has 0 fully saturated rings. The first-order valence-corrected chi connectivity index (χ1v) is 11.8. The summed E-state index contributed by atoms with van der Waals surface area (Å²) in [4.78, 5) is 39.8. The SMILES string of the molecule is CCOc1ccc(CN2C(=O)c3ccccc3C2=O)cc1C(=O)Nc1ccc(-c2csnn2)cc1. The third-order valence-electron chi connectivity index (χ3n) is 5.61. The van der Waals surface area contributed by atoms with Gasteiger partial charge in [0.15, 0.2) is 0 Å². The van der Waals surface area contributed by atoms with E-state index in [-0.39, 0.29) is 24.3 Å². The van der Waals surface area contributed by atoms with E-state index in [1.54, 1.807) is 54.6 Å². The fourth-order valence-electron chi connectivity index (χ4n) is 3.91. The summed E-state index contributed by atoms with van der Waals surface area (Å²) < 4.78 is 9.52. The van der Waals surface area contributed by atoms with Crippen LogP contribution in [-0.2, 0) is 6.54 Å². The number of fused-ring (bicyclic) bond motifs is 1. The number of nitrogens with zero attached hydrogens (tertiary/aromatic N) is 3. The van der Waals surface area contributed by atoms with Crippen LogP contribution in [0.15, 0.2) is 72.1 Å². The van der Waals surface area contributed by atoms with Gasteiger partial charge in [0.05, 0.1) is 29.8 Å². The summed E-state index contributed by atoms with van der Waals surface area (Å²) in [5.41, 5.74) is 4.00. The molecule has 0 bridgehead atoms. The third kappa shape index (κ3) is 4.41. The number of anilines is 1. The quantitative estimate of drug-likeness (QED) is 0.383. The van der Waals surface area contributed by atoms with E-state index in [1.807, 2.05) is 24.4 Å². The Morgan fingerprint density at radius 2 is 1.71 bits per heavy atom.